The minimum Gasteiger partial charge on any atom is -0.457 e. The highest BCUT2D eigenvalue weighted by atomic mass is 16.5. The van der Waals surface area contributed by atoms with Gasteiger partial charge in [-0.2, -0.15) is 0 Å². The molecule has 0 atom stereocenters. The number of urea groups is 1. The maximum atomic E-state index is 12.1. The Labute approximate surface area is 135 Å². The fourth-order valence-corrected chi connectivity index (χ4v) is 2.13. The zero-order valence-corrected chi connectivity index (χ0v) is 13.3. The molecule has 0 aliphatic heterocycles. The van der Waals surface area contributed by atoms with E-state index >= 15 is 0 Å². The fourth-order valence-electron chi connectivity index (χ4n) is 2.13. The average molecular weight is 312 g/mol. The van der Waals surface area contributed by atoms with Gasteiger partial charge >= 0.3 is 12.0 Å². The fraction of sp³-hybridized carbons (Fsp3) is 0.222. The number of hydrogen-bond acceptors (Lipinski definition) is 3. The Balaban J connectivity index is 1.95. The van der Waals surface area contributed by atoms with Crippen molar-refractivity contribution in [3.63, 3.8) is 0 Å². The van der Waals surface area contributed by atoms with Gasteiger partial charge in [0.15, 0.2) is 0 Å². The predicted molar refractivity (Wildman–Crippen MR) is 87.9 cm³/mol. The predicted octanol–water partition coefficient (Wildman–Crippen LogP) is 2.83. The summed E-state index contributed by atoms with van der Waals surface area (Å²) in [6.07, 6.45) is 0. The first kappa shape index (κ1) is 16.5. The highest BCUT2D eigenvalue weighted by molar-refractivity contribution is 5.89. The lowest BCUT2D eigenvalue weighted by Crippen LogP contribution is -2.28. The van der Waals surface area contributed by atoms with Crippen LogP contribution in [0.5, 0.6) is 0 Å². The van der Waals surface area contributed by atoms with Crippen molar-refractivity contribution >= 4 is 12.0 Å². The highest BCUT2D eigenvalue weighted by Gasteiger charge is 2.08. The van der Waals surface area contributed by atoms with Crippen LogP contribution in [-0.2, 0) is 17.9 Å². The lowest BCUT2D eigenvalue weighted by atomic mass is 10.1. The van der Waals surface area contributed by atoms with Crippen molar-refractivity contribution in [2.75, 3.05) is 0 Å². The summed E-state index contributed by atoms with van der Waals surface area (Å²) >= 11 is 0. The minimum atomic E-state index is -0.581. The maximum Gasteiger partial charge on any atom is 0.338 e. The van der Waals surface area contributed by atoms with Crippen LogP contribution in [0.1, 0.15) is 32.6 Å². The van der Waals surface area contributed by atoms with Crippen molar-refractivity contribution in [1.82, 2.24) is 5.32 Å². The second-order valence-electron chi connectivity index (χ2n) is 5.42. The zero-order valence-electron chi connectivity index (χ0n) is 13.3. The number of esters is 1. The van der Waals surface area contributed by atoms with Gasteiger partial charge in [-0.25, -0.2) is 9.59 Å². The minimum absolute atomic E-state index is 0.247. The van der Waals surface area contributed by atoms with E-state index in [4.69, 9.17) is 10.5 Å². The van der Waals surface area contributed by atoms with Gasteiger partial charge in [-0.05, 0) is 42.7 Å². The first-order chi connectivity index (χ1) is 11.0. The topological polar surface area (TPSA) is 81.4 Å². The summed E-state index contributed by atoms with van der Waals surface area (Å²) in [4.78, 5) is 22.7. The Hall–Kier alpha value is -2.82. The number of ether oxygens (including phenoxy) is 1. The maximum absolute atomic E-state index is 12.1. The molecule has 120 valence electrons. The Morgan fingerprint density at radius 1 is 1.09 bits per heavy atom. The zero-order chi connectivity index (χ0) is 16.8. The SMILES string of the molecule is Cc1ccc(C)c(COC(=O)c2ccc(CNC(N)=O)cc2)c1. The third-order valence-corrected chi connectivity index (χ3v) is 3.52. The summed E-state index contributed by atoms with van der Waals surface area (Å²) in [6.45, 7) is 4.57. The van der Waals surface area contributed by atoms with E-state index in [-0.39, 0.29) is 12.6 Å². The van der Waals surface area contributed by atoms with Crippen LogP contribution in [0.2, 0.25) is 0 Å². The third-order valence-electron chi connectivity index (χ3n) is 3.52. The number of nitrogens with one attached hydrogen (secondary N) is 1. The molecule has 0 saturated heterocycles. The molecule has 0 aliphatic carbocycles. The van der Waals surface area contributed by atoms with E-state index in [0.717, 1.165) is 22.3 Å². The van der Waals surface area contributed by atoms with Gasteiger partial charge in [-0.3, -0.25) is 0 Å². The van der Waals surface area contributed by atoms with Crippen LogP contribution in [0.25, 0.3) is 0 Å². The van der Waals surface area contributed by atoms with Crippen molar-refractivity contribution in [3.8, 4) is 0 Å². The van der Waals surface area contributed by atoms with Crippen molar-refractivity contribution in [2.24, 2.45) is 5.73 Å². The van der Waals surface area contributed by atoms with E-state index in [0.29, 0.717) is 12.1 Å². The van der Waals surface area contributed by atoms with Gasteiger partial charge < -0.3 is 15.8 Å². The summed E-state index contributed by atoms with van der Waals surface area (Å²) in [7, 11) is 0. The summed E-state index contributed by atoms with van der Waals surface area (Å²) in [5.74, 6) is -0.375. The molecule has 5 nitrogen and oxygen atoms in total. The molecule has 0 unspecified atom stereocenters. The molecule has 0 spiro atoms. The highest BCUT2D eigenvalue weighted by Crippen LogP contribution is 2.13. The number of amides is 2. The quantitative estimate of drug-likeness (QED) is 0.833. The van der Waals surface area contributed by atoms with Crippen LogP contribution < -0.4 is 11.1 Å². The number of hydrogen-bond donors (Lipinski definition) is 2. The molecule has 0 radical (unpaired) electrons. The molecule has 2 rings (SSSR count). The monoisotopic (exact) mass is 312 g/mol. The van der Waals surface area contributed by atoms with Crippen LogP contribution in [-0.4, -0.2) is 12.0 Å². The molecule has 5 heteroatoms. The average Bonchev–Trinajstić information content (AvgIpc) is 2.54. The van der Waals surface area contributed by atoms with Crippen LogP contribution >= 0.6 is 0 Å². The van der Waals surface area contributed by atoms with Crippen molar-refractivity contribution in [3.05, 3.63) is 70.3 Å². The van der Waals surface area contributed by atoms with Crippen LogP contribution in [0, 0.1) is 13.8 Å². The molecule has 2 aromatic rings. The van der Waals surface area contributed by atoms with Crippen molar-refractivity contribution < 1.29 is 14.3 Å². The number of aryl methyl sites for hydroxylation is 2. The molecule has 0 fully saturated rings. The second-order valence-corrected chi connectivity index (χ2v) is 5.42. The van der Waals surface area contributed by atoms with E-state index in [2.05, 4.69) is 5.32 Å². The first-order valence-corrected chi connectivity index (χ1v) is 7.31. The van der Waals surface area contributed by atoms with Crippen LogP contribution in [0.3, 0.4) is 0 Å². The molecule has 0 saturated carbocycles. The first-order valence-electron chi connectivity index (χ1n) is 7.31. The van der Waals surface area contributed by atoms with E-state index < -0.39 is 6.03 Å². The van der Waals surface area contributed by atoms with Gasteiger partial charge in [0.2, 0.25) is 0 Å². The van der Waals surface area contributed by atoms with Crippen LogP contribution in [0.15, 0.2) is 42.5 Å². The second kappa shape index (κ2) is 7.45. The number of nitrogens with two attached hydrogens (primary N) is 1. The molecule has 0 aromatic heterocycles. The molecule has 0 heterocycles. The van der Waals surface area contributed by atoms with Gasteiger partial charge in [-0.15, -0.1) is 0 Å². The van der Waals surface area contributed by atoms with Crippen molar-refractivity contribution in [1.29, 1.82) is 0 Å². The third kappa shape index (κ3) is 4.85. The number of rotatable bonds is 5. The molecule has 2 amide bonds. The molecule has 0 aliphatic rings. The van der Waals surface area contributed by atoms with Gasteiger partial charge in [0.25, 0.3) is 0 Å². The molecular formula is C18H20N2O3. The molecular weight excluding hydrogens is 292 g/mol. The summed E-state index contributed by atoms with van der Waals surface area (Å²) in [5.41, 5.74) is 9.57. The standard InChI is InChI=1S/C18H20N2O3/c1-12-3-4-13(2)16(9-12)11-23-17(21)15-7-5-14(6-8-15)10-20-18(19)22/h3-9H,10-11H2,1-2H3,(H3,19,20,22). The Morgan fingerprint density at radius 3 is 2.43 bits per heavy atom. The van der Waals surface area contributed by atoms with E-state index in [1.807, 2.05) is 32.0 Å². The van der Waals surface area contributed by atoms with Gasteiger partial charge in [-0.1, -0.05) is 35.9 Å². The number of carbonyl (C=O) groups excluding carboxylic acids is 2. The van der Waals surface area contributed by atoms with Gasteiger partial charge in [0.05, 0.1) is 5.56 Å². The number of primary amides is 1. The Kier molecular flexibility index (Phi) is 5.36. The molecule has 3 N–H and O–H groups in total. The van der Waals surface area contributed by atoms with Gasteiger partial charge in [0.1, 0.15) is 6.61 Å². The Bertz CT molecular complexity index is 709. The smallest absolute Gasteiger partial charge is 0.338 e. The molecule has 23 heavy (non-hydrogen) atoms. The Morgan fingerprint density at radius 2 is 1.78 bits per heavy atom. The van der Waals surface area contributed by atoms with E-state index in [1.165, 1.54) is 0 Å². The van der Waals surface area contributed by atoms with Gasteiger partial charge in [0, 0.05) is 6.54 Å². The lowest BCUT2D eigenvalue weighted by molar-refractivity contribution is 0.0472. The largest absolute Gasteiger partial charge is 0.457 e. The molecule has 2 aromatic carbocycles. The summed E-state index contributed by atoms with van der Waals surface area (Å²) in [6, 6.07) is 12.3. The van der Waals surface area contributed by atoms with E-state index in [9.17, 15) is 9.59 Å². The number of benzene rings is 2. The lowest BCUT2D eigenvalue weighted by Gasteiger charge is -2.09. The molecule has 0 bridgehead atoms. The normalized spacial score (nSPS) is 10.2. The van der Waals surface area contributed by atoms with E-state index in [1.54, 1.807) is 24.3 Å². The summed E-state index contributed by atoms with van der Waals surface area (Å²) in [5, 5.41) is 2.49. The summed E-state index contributed by atoms with van der Waals surface area (Å²) < 4.78 is 5.36. The number of carbonyl (C=O) groups is 2. The van der Waals surface area contributed by atoms with Crippen LogP contribution in [0.4, 0.5) is 4.79 Å². The van der Waals surface area contributed by atoms with Crippen molar-refractivity contribution in [2.45, 2.75) is 27.0 Å².